The molecule has 0 N–H and O–H groups in total. The van der Waals surface area contributed by atoms with Crippen LogP contribution in [0.4, 0.5) is 0 Å². The summed E-state index contributed by atoms with van der Waals surface area (Å²) < 4.78 is 62.9. The first-order valence-electron chi connectivity index (χ1n) is 33.4. The topological polar surface area (TPSA) is 39.4 Å². The highest BCUT2D eigenvalue weighted by atomic mass is 79.9. The monoisotopic (exact) mass is 1400 g/mol. The van der Waals surface area contributed by atoms with E-state index in [0.717, 1.165) is 134 Å². The van der Waals surface area contributed by atoms with Gasteiger partial charge in [0.15, 0.2) is 0 Å². The molecule has 0 aliphatic rings. The van der Waals surface area contributed by atoms with Gasteiger partial charge in [-0.25, -0.2) is 0 Å². The molecular formula is C88H53Br3O3. The Hall–Kier alpha value is -10.6. The number of hydrogen-bond donors (Lipinski definition) is 0. The highest BCUT2D eigenvalue weighted by Crippen LogP contribution is 2.43. The van der Waals surface area contributed by atoms with Gasteiger partial charge in [0.25, 0.3) is 0 Å². The molecule has 0 atom stereocenters. The van der Waals surface area contributed by atoms with Crippen LogP contribution in [0, 0.1) is 0 Å². The highest BCUT2D eigenvalue weighted by Gasteiger charge is 2.18. The summed E-state index contributed by atoms with van der Waals surface area (Å²) in [5.74, 6) is 0. The lowest BCUT2D eigenvalue weighted by atomic mass is 9.95. The normalized spacial score (nSPS) is 12.3. The number of furan rings is 3. The molecule has 0 bridgehead atoms. The lowest BCUT2D eigenvalue weighted by Gasteiger charge is -2.10. The minimum atomic E-state index is -0.401. The molecule has 0 aliphatic carbocycles. The van der Waals surface area contributed by atoms with E-state index in [1.165, 1.54) is 43.8 Å². The van der Waals surface area contributed by atoms with E-state index in [9.17, 15) is 0 Å². The van der Waals surface area contributed by atoms with Gasteiger partial charge in [0.05, 0.1) is 6.85 Å². The van der Waals surface area contributed by atoms with Crippen molar-refractivity contribution in [3.63, 3.8) is 0 Å². The van der Waals surface area contributed by atoms with Crippen LogP contribution in [0.2, 0.25) is 0 Å². The summed E-state index contributed by atoms with van der Waals surface area (Å²) in [6, 6.07) is 99.5. The number of rotatable bonds is 6. The molecule has 0 saturated heterocycles. The van der Waals surface area contributed by atoms with Crippen LogP contribution >= 0.6 is 47.8 Å². The first kappa shape index (κ1) is 52.0. The molecule has 6 heteroatoms. The minimum absolute atomic E-state index is 0.176. The minimum Gasteiger partial charge on any atom is -0.455 e. The van der Waals surface area contributed by atoms with Crippen LogP contribution in [0.3, 0.4) is 0 Å². The average Bonchev–Trinajstić information content (AvgIpc) is 1.64. The van der Waals surface area contributed by atoms with Gasteiger partial charge in [0.2, 0.25) is 0 Å². The lowest BCUT2D eigenvalue weighted by molar-refractivity contribution is 0.672. The van der Waals surface area contributed by atoms with E-state index in [4.69, 9.17) is 20.1 Å². The molecule has 16 aromatic carbocycles. The summed E-state index contributed by atoms with van der Waals surface area (Å²) in [5.41, 5.74) is 17.3. The fraction of sp³-hybridized carbons (Fsp3) is 0. The molecular weight excluding hydrogens is 1340 g/mol. The molecule has 19 rings (SSSR count). The summed E-state index contributed by atoms with van der Waals surface area (Å²) in [6.45, 7) is 0. The number of hydrogen-bond acceptors (Lipinski definition) is 3. The van der Waals surface area contributed by atoms with Crippen molar-refractivity contribution in [2.24, 2.45) is 0 Å². The van der Waals surface area contributed by atoms with Crippen molar-refractivity contribution < 1.29 is 20.1 Å². The molecule has 94 heavy (non-hydrogen) atoms. The van der Waals surface area contributed by atoms with E-state index in [-0.39, 0.29) is 29.7 Å². The van der Waals surface area contributed by atoms with Crippen molar-refractivity contribution in [2.75, 3.05) is 0 Å². The van der Waals surface area contributed by atoms with Gasteiger partial charge in [-0.05, 0) is 149 Å². The highest BCUT2D eigenvalue weighted by molar-refractivity contribution is 9.11. The third-order valence-electron chi connectivity index (χ3n) is 17.9. The van der Waals surface area contributed by atoms with Crippen LogP contribution in [0.15, 0.2) is 348 Å². The van der Waals surface area contributed by atoms with Gasteiger partial charge < -0.3 is 13.3 Å². The van der Waals surface area contributed by atoms with Crippen LogP contribution in [-0.2, 0) is 0 Å². The maximum atomic E-state index is 8.35. The van der Waals surface area contributed by atoms with Gasteiger partial charge in [-0.3, -0.25) is 0 Å². The van der Waals surface area contributed by atoms with Gasteiger partial charge in [0.1, 0.15) is 33.5 Å². The molecule has 0 amide bonds. The second-order valence-corrected chi connectivity index (χ2v) is 26.1. The maximum Gasteiger partial charge on any atom is 0.143 e. The third kappa shape index (κ3) is 10.4. The first-order valence-corrected chi connectivity index (χ1v) is 33.3. The molecule has 0 saturated carbocycles. The van der Waals surface area contributed by atoms with Crippen molar-refractivity contribution in [1.82, 2.24) is 0 Å². The van der Waals surface area contributed by atoms with E-state index in [0.29, 0.717) is 5.56 Å². The van der Waals surface area contributed by atoms with E-state index in [1.54, 1.807) is 6.07 Å². The van der Waals surface area contributed by atoms with Crippen molar-refractivity contribution in [1.29, 1.82) is 0 Å². The predicted octanol–water partition coefficient (Wildman–Crippen LogP) is 27.7. The number of halogens is 3. The predicted molar refractivity (Wildman–Crippen MR) is 407 cm³/mol. The van der Waals surface area contributed by atoms with Gasteiger partial charge in [0, 0.05) is 73.0 Å². The van der Waals surface area contributed by atoms with E-state index in [1.807, 2.05) is 42.5 Å². The molecule has 0 fully saturated rings. The second-order valence-electron chi connectivity index (χ2n) is 23.4. The molecule has 0 aliphatic heterocycles. The van der Waals surface area contributed by atoms with Crippen LogP contribution in [0.25, 0.3) is 176 Å². The van der Waals surface area contributed by atoms with E-state index < -0.39 is 6.04 Å². The molecule has 0 radical (unpaired) electrons. The fourth-order valence-corrected chi connectivity index (χ4v) is 14.5. The Morgan fingerprint density at radius 2 is 0.628 bits per heavy atom. The smallest absolute Gasteiger partial charge is 0.143 e. The van der Waals surface area contributed by atoms with Crippen molar-refractivity contribution in [2.45, 2.75) is 0 Å². The van der Waals surface area contributed by atoms with E-state index >= 15 is 0 Å². The fourth-order valence-electron chi connectivity index (χ4n) is 13.3. The van der Waals surface area contributed by atoms with Gasteiger partial charge in [-0.15, -0.1) is 0 Å². The van der Waals surface area contributed by atoms with Crippen LogP contribution in [-0.4, -0.2) is 0 Å². The van der Waals surface area contributed by atoms with Gasteiger partial charge in [-0.1, -0.05) is 302 Å². The van der Waals surface area contributed by atoms with Crippen molar-refractivity contribution in [3.05, 3.63) is 335 Å². The summed E-state index contributed by atoms with van der Waals surface area (Å²) in [6.07, 6.45) is 0. The number of benzene rings is 16. The summed E-state index contributed by atoms with van der Waals surface area (Å²) in [5, 5.41) is 16.1. The Morgan fingerprint density at radius 1 is 0.223 bits per heavy atom. The summed E-state index contributed by atoms with van der Waals surface area (Å²) >= 11 is 10.7. The first-order chi connectivity index (χ1) is 48.4. The maximum absolute atomic E-state index is 8.35. The molecule has 3 aromatic heterocycles. The van der Waals surface area contributed by atoms with E-state index in [2.05, 4.69) is 290 Å². The number of para-hydroxylation sites is 2. The molecule has 0 unspecified atom stereocenters. The molecule has 0 spiro atoms. The Labute approximate surface area is 574 Å². The average molecular weight is 1400 g/mol. The quantitative estimate of drug-likeness (QED) is 0.167. The van der Waals surface area contributed by atoms with Crippen LogP contribution in [0.1, 0.15) is 6.85 Å². The number of fused-ring (bicyclic) bond motifs is 16. The lowest BCUT2D eigenvalue weighted by Crippen LogP contribution is -1.84. The summed E-state index contributed by atoms with van der Waals surface area (Å²) in [7, 11) is 0. The molecule has 19 aromatic rings. The SMILES string of the molecule is Brc1ccc(-c2ccc(-c3cccc4c3oc3c5ccccc5ccc43)cc2)c2ccccc12.Brc1ccc(-c2ccc(-c3cccc4c3oc3c5ccccc5ccc43)cc2)cc1.[2H]c1c([2H])c([2H])c(-c2cc(Br)cc(-c3ccc4c(c3)oc3c5ccccc5ccc43)c2)c([2H])c1[2H]. The zero-order valence-corrected chi connectivity index (χ0v) is 54.8. The molecule has 3 heterocycles. The van der Waals surface area contributed by atoms with Gasteiger partial charge in [-0.2, -0.15) is 0 Å². The zero-order chi connectivity index (χ0) is 67.2. The Kier molecular flexibility index (Phi) is 13.3. The Bertz CT molecular complexity index is 6430. The zero-order valence-electron chi connectivity index (χ0n) is 55.1. The van der Waals surface area contributed by atoms with Crippen LogP contribution in [0.5, 0.6) is 0 Å². The molecule has 444 valence electrons. The van der Waals surface area contributed by atoms with Crippen molar-refractivity contribution in [3.8, 4) is 66.8 Å². The van der Waals surface area contributed by atoms with Gasteiger partial charge >= 0.3 is 0 Å². The third-order valence-corrected chi connectivity index (χ3v) is 19.6. The van der Waals surface area contributed by atoms with Crippen molar-refractivity contribution >= 4 is 157 Å². The Balaban J connectivity index is 0.000000112. The summed E-state index contributed by atoms with van der Waals surface area (Å²) in [4.78, 5) is 0. The largest absolute Gasteiger partial charge is 0.455 e. The standard InChI is InChI=1S/C32H19BrO.2C28H17BrO/c33-30-19-18-23(26-8-3-4-9-27(26)30)21-12-14-22(15-13-21)25-10-5-11-28-29-17-16-20-6-1-2-7-24(20)32(29)34-31(25)28;29-22-15-12-19(13-16-22)18-8-10-21(11-9-18)24-6-3-7-25-26-17-14-20-4-1-2-5-23(20)28(26)30-27(24)25;29-23-15-21(18-6-2-1-3-7-18)14-22(16-23)20-11-12-25-26-13-10-19-8-4-5-9-24(19)28(26)30-27(25)17-20/h1-19H;2*1-17H/i;;1D,2D,3D,6D,7D. The van der Waals surface area contributed by atoms with Crippen LogP contribution < -0.4 is 0 Å². The molecule has 3 nitrogen and oxygen atoms in total. The second kappa shape index (κ2) is 24.1. The Morgan fingerprint density at radius 3 is 1.17 bits per heavy atom.